The van der Waals surface area contributed by atoms with Gasteiger partial charge in [-0.05, 0) is 36.2 Å². The van der Waals surface area contributed by atoms with Crippen molar-refractivity contribution in [1.82, 2.24) is 29.7 Å². The van der Waals surface area contributed by atoms with Crippen LogP contribution in [0.5, 0.6) is 0 Å². The van der Waals surface area contributed by atoms with Crippen molar-refractivity contribution in [2.75, 3.05) is 0 Å². The lowest BCUT2D eigenvalue weighted by Gasteiger charge is -2.22. The maximum atomic E-state index is 13.6. The Balaban J connectivity index is 1.59. The summed E-state index contributed by atoms with van der Waals surface area (Å²) in [7, 11) is 0. The standard InChI is InChI=1S/C22H20F2N6O2/c1-13(2)19(27-22(32)15-11-26-29-9-3-8-25-21(15)29)12-30-20(31)7-6-18(28-30)14-4-5-16(23)17(24)10-14/h3-11,13,19H,12H2,1-2H3,(H,27,32)/t19-/m1/s1. The smallest absolute Gasteiger partial charge is 0.266 e. The molecule has 10 heteroatoms. The van der Waals surface area contributed by atoms with Crippen LogP contribution in [0.15, 0.2) is 59.8 Å². The van der Waals surface area contributed by atoms with Crippen molar-refractivity contribution in [1.29, 1.82) is 0 Å². The number of aromatic nitrogens is 5. The van der Waals surface area contributed by atoms with Crippen LogP contribution in [0.4, 0.5) is 8.78 Å². The molecule has 0 fully saturated rings. The van der Waals surface area contributed by atoms with Gasteiger partial charge in [0.1, 0.15) is 5.56 Å². The van der Waals surface area contributed by atoms with Crippen LogP contribution in [0, 0.1) is 17.6 Å². The molecular weight excluding hydrogens is 418 g/mol. The van der Waals surface area contributed by atoms with E-state index in [1.54, 1.807) is 18.5 Å². The summed E-state index contributed by atoms with van der Waals surface area (Å²) in [5.74, 6) is -2.38. The molecular formula is C22H20F2N6O2. The Labute approximate surface area is 181 Å². The number of fused-ring (bicyclic) bond motifs is 1. The third-order valence-corrected chi connectivity index (χ3v) is 5.10. The Morgan fingerprint density at radius 1 is 1.16 bits per heavy atom. The molecule has 0 aliphatic carbocycles. The van der Waals surface area contributed by atoms with Crippen molar-refractivity contribution in [3.8, 4) is 11.3 Å². The van der Waals surface area contributed by atoms with Gasteiger partial charge in [-0.2, -0.15) is 10.2 Å². The van der Waals surface area contributed by atoms with E-state index in [4.69, 9.17) is 0 Å². The third kappa shape index (κ3) is 4.25. The SMILES string of the molecule is CC(C)[C@@H](Cn1nc(-c2ccc(F)c(F)c2)ccc1=O)NC(=O)c1cnn2cccnc12. The first-order chi connectivity index (χ1) is 15.3. The molecule has 4 aromatic rings. The first kappa shape index (κ1) is 21.3. The first-order valence-electron chi connectivity index (χ1n) is 9.96. The number of amides is 1. The van der Waals surface area contributed by atoms with Crippen LogP contribution in [0.1, 0.15) is 24.2 Å². The molecule has 1 atom stereocenters. The summed E-state index contributed by atoms with van der Waals surface area (Å²) in [4.78, 5) is 29.5. The van der Waals surface area contributed by atoms with Crippen LogP contribution in [0.25, 0.3) is 16.9 Å². The number of hydrogen-bond acceptors (Lipinski definition) is 5. The molecule has 32 heavy (non-hydrogen) atoms. The minimum atomic E-state index is -1.00. The molecule has 1 aromatic carbocycles. The zero-order valence-electron chi connectivity index (χ0n) is 17.4. The van der Waals surface area contributed by atoms with Gasteiger partial charge in [-0.1, -0.05) is 13.8 Å². The predicted octanol–water partition coefficient (Wildman–Crippen LogP) is 2.69. The van der Waals surface area contributed by atoms with Crippen LogP contribution in [0.3, 0.4) is 0 Å². The number of carbonyl (C=O) groups is 1. The van der Waals surface area contributed by atoms with E-state index >= 15 is 0 Å². The number of nitrogens with zero attached hydrogens (tertiary/aromatic N) is 5. The van der Waals surface area contributed by atoms with E-state index < -0.39 is 17.7 Å². The number of nitrogens with one attached hydrogen (secondary N) is 1. The van der Waals surface area contributed by atoms with Gasteiger partial charge in [0.25, 0.3) is 11.5 Å². The third-order valence-electron chi connectivity index (χ3n) is 5.10. The molecule has 164 valence electrons. The fourth-order valence-corrected chi connectivity index (χ4v) is 3.23. The fraction of sp³-hybridized carbons (Fsp3) is 0.227. The quantitative estimate of drug-likeness (QED) is 0.500. The average molecular weight is 438 g/mol. The van der Waals surface area contributed by atoms with Gasteiger partial charge in [-0.15, -0.1) is 0 Å². The van der Waals surface area contributed by atoms with Gasteiger partial charge >= 0.3 is 0 Å². The Morgan fingerprint density at radius 3 is 2.72 bits per heavy atom. The Kier molecular flexibility index (Phi) is 5.76. The van der Waals surface area contributed by atoms with Crippen molar-refractivity contribution >= 4 is 11.6 Å². The van der Waals surface area contributed by atoms with Gasteiger partial charge in [-0.3, -0.25) is 9.59 Å². The highest BCUT2D eigenvalue weighted by Crippen LogP contribution is 2.19. The van der Waals surface area contributed by atoms with Gasteiger partial charge < -0.3 is 5.32 Å². The lowest BCUT2D eigenvalue weighted by molar-refractivity contribution is 0.0920. The number of benzene rings is 1. The second-order valence-electron chi connectivity index (χ2n) is 7.64. The molecule has 0 unspecified atom stereocenters. The molecule has 3 aromatic heterocycles. The maximum Gasteiger partial charge on any atom is 0.266 e. The minimum absolute atomic E-state index is 0.0330. The molecule has 4 rings (SSSR count). The normalized spacial score (nSPS) is 12.3. The molecule has 0 saturated heterocycles. The number of rotatable bonds is 6. The molecule has 3 heterocycles. The fourth-order valence-electron chi connectivity index (χ4n) is 3.23. The molecule has 0 radical (unpaired) electrons. The summed E-state index contributed by atoms with van der Waals surface area (Å²) in [6.45, 7) is 3.90. The Bertz CT molecular complexity index is 1350. The van der Waals surface area contributed by atoms with Crippen LogP contribution >= 0.6 is 0 Å². The van der Waals surface area contributed by atoms with E-state index in [-0.39, 0.29) is 23.9 Å². The number of carbonyl (C=O) groups excluding carboxylic acids is 1. The van der Waals surface area contributed by atoms with E-state index in [9.17, 15) is 18.4 Å². The van der Waals surface area contributed by atoms with Gasteiger partial charge in [0.05, 0.1) is 24.5 Å². The highest BCUT2D eigenvalue weighted by Gasteiger charge is 2.22. The second kappa shape index (κ2) is 8.66. The second-order valence-corrected chi connectivity index (χ2v) is 7.64. The summed E-state index contributed by atoms with van der Waals surface area (Å²) in [5.41, 5.74) is 0.994. The van der Waals surface area contributed by atoms with Crippen LogP contribution in [0.2, 0.25) is 0 Å². The molecule has 1 N–H and O–H groups in total. The van der Waals surface area contributed by atoms with E-state index in [0.717, 1.165) is 12.1 Å². The summed E-state index contributed by atoms with van der Waals surface area (Å²) < 4.78 is 29.6. The summed E-state index contributed by atoms with van der Waals surface area (Å²) in [6, 6.07) is 7.42. The van der Waals surface area contributed by atoms with Crippen molar-refractivity contribution in [2.45, 2.75) is 26.4 Å². The average Bonchev–Trinajstić information content (AvgIpc) is 3.21. The molecule has 8 nitrogen and oxygen atoms in total. The van der Waals surface area contributed by atoms with Crippen LogP contribution < -0.4 is 10.9 Å². The number of halogens is 2. The maximum absolute atomic E-state index is 13.6. The van der Waals surface area contributed by atoms with Crippen LogP contribution in [-0.2, 0) is 6.54 Å². The van der Waals surface area contributed by atoms with Crippen LogP contribution in [-0.4, -0.2) is 36.3 Å². The summed E-state index contributed by atoms with van der Waals surface area (Å²) >= 11 is 0. The first-order valence-corrected chi connectivity index (χ1v) is 9.96. The van der Waals surface area contributed by atoms with Gasteiger partial charge in [0.2, 0.25) is 0 Å². The van der Waals surface area contributed by atoms with E-state index in [0.29, 0.717) is 22.5 Å². The van der Waals surface area contributed by atoms with E-state index in [2.05, 4.69) is 20.5 Å². The Hall–Kier alpha value is -3.95. The van der Waals surface area contributed by atoms with Gasteiger partial charge in [0.15, 0.2) is 17.3 Å². The molecule has 0 spiro atoms. The molecule has 0 bridgehead atoms. The summed E-state index contributed by atoms with van der Waals surface area (Å²) in [6.07, 6.45) is 4.69. The molecule has 0 saturated carbocycles. The Morgan fingerprint density at radius 2 is 1.97 bits per heavy atom. The van der Waals surface area contributed by atoms with Crippen molar-refractivity contribution in [2.24, 2.45) is 5.92 Å². The zero-order valence-corrected chi connectivity index (χ0v) is 17.4. The van der Waals surface area contributed by atoms with Gasteiger partial charge in [-0.25, -0.2) is 23.0 Å². The highest BCUT2D eigenvalue weighted by atomic mass is 19.2. The van der Waals surface area contributed by atoms with Crippen molar-refractivity contribution in [3.63, 3.8) is 0 Å². The van der Waals surface area contributed by atoms with E-state index in [1.165, 1.54) is 33.6 Å². The lowest BCUT2D eigenvalue weighted by Crippen LogP contribution is -2.44. The molecule has 0 aliphatic heterocycles. The predicted molar refractivity (Wildman–Crippen MR) is 113 cm³/mol. The lowest BCUT2D eigenvalue weighted by atomic mass is 10.0. The van der Waals surface area contributed by atoms with Crippen molar-refractivity contribution in [3.05, 3.63) is 82.5 Å². The topological polar surface area (TPSA) is 94.2 Å². The van der Waals surface area contributed by atoms with E-state index in [1.807, 2.05) is 13.8 Å². The molecule has 1 amide bonds. The monoisotopic (exact) mass is 438 g/mol. The summed E-state index contributed by atoms with van der Waals surface area (Å²) in [5, 5.41) is 11.3. The zero-order chi connectivity index (χ0) is 22.8. The molecule has 0 aliphatic rings. The van der Waals surface area contributed by atoms with Crippen molar-refractivity contribution < 1.29 is 13.6 Å². The largest absolute Gasteiger partial charge is 0.347 e. The number of hydrogen-bond donors (Lipinski definition) is 1. The minimum Gasteiger partial charge on any atom is -0.347 e. The highest BCUT2D eigenvalue weighted by molar-refractivity contribution is 5.99. The van der Waals surface area contributed by atoms with Gasteiger partial charge in [0, 0.05) is 24.0 Å².